The van der Waals surface area contributed by atoms with Crippen molar-refractivity contribution in [1.29, 1.82) is 0 Å². The van der Waals surface area contributed by atoms with Crippen molar-refractivity contribution in [2.24, 2.45) is 0 Å². The van der Waals surface area contributed by atoms with Gasteiger partial charge >= 0.3 is 0 Å². The summed E-state index contributed by atoms with van der Waals surface area (Å²) in [6, 6.07) is 79.4. The predicted molar refractivity (Wildman–Crippen MR) is 338 cm³/mol. The van der Waals surface area contributed by atoms with Gasteiger partial charge in [-0.15, -0.1) is 0 Å². The first-order valence-electron chi connectivity index (χ1n) is 28.6. The van der Waals surface area contributed by atoms with Crippen molar-refractivity contribution in [3.63, 3.8) is 0 Å². The van der Waals surface area contributed by atoms with Crippen LogP contribution in [0.25, 0.3) is 49.4 Å². The maximum absolute atomic E-state index is 4.15. The Morgan fingerprint density at radius 2 is 0.911 bits per heavy atom. The van der Waals surface area contributed by atoms with Crippen LogP contribution in [0, 0.1) is 0 Å². The summed E-state index contributed by atoms with van der Waals surface area (Å²) < 4.78 is 2.66. The van der Waals surface area contributed by atoms with E-state index < -0.39 is 0 Å². The molecule has 1 N–H and O–H groups in total. The number of aromatic nitrogens is 1. The van der Waals surface area contributed by atoms with E-state index in [-0.39, 0.29) is 21.7 Å². The maximum Gasteiger partial charge on any atom is 0.197 e. The molecule has 1 aliphatic heterocycles. The lowest BCUT2D eigenvalue weighted by molar-refractivity contribution is 0.332. The molecule has 79 heavy (non-hydrogen) atoms. The number of nitrogens with zero attached hydrogens (tertiary/aromatic N) is 3. The summed E-state index contributed by atoms with van der Waals surface area (Å²) in [5.41, 5.74) is 23.1. The summed E-state index contributed by atoms with van der Waals surface area (Å²) in [6.45, 7) is 19.5. The lowest BCUT2D eigenvalue weighted by atomic mass is 9.55. The first-order chi connectivity index (χ1) is 38.1. The van der Waals surface area contributed by atoms with Crippen LogP contribution < -0.4 is 26.0 Å². The monoisotopic (exact) mass is 1020 g/mol. The van der Waals surface area contributed by atoms with Crippen molar-refractivity contribution >= 4 is 96.3 Å². The quantitative estimate of drug-likeness (QED) is 0.146. The topological polar surface area (TPSA) is 23.4 Å². The average Bonchev–Trinajstić information content (AvgIpc) is 3.90. The smallest absolute Gasteiger partial charge is 0.197 e. The molecule has 3 aliphatic rings. The van der Waals surface area contributed by atoms with Crippen molar-refractivity contribution in [3.05, 3.63) is 235 Å². The normalized spacial score (nSPS) is 16.2. The van der Waals surface area contributed by atoms with Crippen LogP contribution in [0.5, 0.6) is 0 Å². The Bertz CT molecular complexity index is 4110. The molecule has 0 bridgehead atoms. The number of benzene rings is 10. The number of rotatable bonds is 9. The van der Waals surface area contributed by atoms with Crippen LogP contribution in [-0.2, 0) is 21.7 Å². The molecule has 0 saturated heterocycles. The third-order valence-corrected chi connectivity index (χ3v) is 18.4. The van der Waals surface area contributed by atoms with Crippen molar-refractivity contribution in [2.45, 2.75) is 103 Å². The Labute approximate surface area is 467 Å². The van der Waals surface area contributed by atoms with Gasteiger partial charge in [0, 0.05) is 61.8 Å². The standard InChI is InChI=1S/C74H68BN4/c1-71(2)37-38-72(3,4)60-43-50(33-35-59(60)71)76-64-36-34-55(77(51-25-13-9-14-26-51)52-27-15-10-16-28-52)44-56(64)57-45-67(78(53-29-17-11-18-30-53)54-31-19-12-20-32-54)68-58-41-48-23-21-22-24-49(48)42-65(58)79-66-47-62-61(46-63(66)75-69(57)70(68)79)73(5,6)39-40-74(62,7)8/h9-36,41-47,76H,37-40H2,1-8H3. The highest BCUT2D eigenvalue weighted by Crippen LogP contribution is 2.52. The fourth-order valence-corrected chi connectivity index (χ4v) is 13.8. The van der Waals surface area contributed by atoms with Gasteiger partial charge in [-0.25, -0.2) is 0 Å². The molecule has 14 rings (SSSR count). The predicted octanol–water partition coefficient (Wildman–Crippen LogP) is 19.0. The zero-order chi connectivity index (χ0) is 54.0. The number of anilines is 8. The van der Waals surface area contributed by atoms with Crippen LogP contribution in [0.1, 0.15) is 103 Å². The minimum absolute atomic E-state index is 0.0192. The van der Waals surface area contributed by atoms with Crippen LogP contribution in [-0.4, -0.2) is 11.8 Å². The SMILES string of the molecule is CC1(C)CCC(C)(C)c2cc(Nc3ccc(N(c4ccccc4)c4ccccc4)cc3-c3cc(N(c4ccccc4)c4ccccc4)c4c5cc6ccccc6cc5n5c4c3[B]c3cc4c(cc3-5)C(C)(C)CCC4(C)C)ccc21. The van der Waals surface area contributed by atoms with E-state index in [9.17, 15) is 0 Å². The molecule has 0 unspecified atom stereocenters. The second-order valence-corrected chi connectivity index (χ2v) is 25.4. The number of hydrogen-bond acceptors (Lipinski definition) is 3. The minimum Gasteiger partial charge on any atom is -0.355 e. The van der Waals surface area contributed by atoms with Gasteiger partial charge in [-0.3, -0.25) is 0 Å². The Morgan fingerprint density at radius 3 is 1.48 bits per heavy atom. The molecule has 1 aromatic heterocycles. The summed E-state index contributed by atoms with van der Waals surface area (Å²) >= 11 is 0. The minimum atomic E-state index is 0.0192. The molecule has 0 saturated carbocycles. The molecular formula is C74H68BN4. The first-order valence-corrected chi connectivity index (χ1v) is 28.6. The molecule has 2 heterocycles. The van der Waals surface area contributed by atoms with Gasteiger partial charge in [0.05, 0.1) is 16.7 Å². The van der Waals surface area contributed by atoms with Gasteiger partial charge in [-0.1, -0.05) is 170 Å². The number of fused-ring (bicyclic) bond motifs is 8. The van der Waals surface area contributed by atoms with Gasteiger partial charge in [-0.05, 0) is 195 Å². The van der Waals surface area contributed by atoms with Gasteiger partial charge < -0.3 is 19.7 Å². The van der Waals surface area contributed by atoms with Gasteiger partial charge in [-0.2, -0.15) is 0 Å². The number of para-hydroxylation sites is 4. The highest BCUT2D eigenvalue weighted by Gasteiger charge is 2.41. The molecule has 4 nitrogen and oxygen atoms in total. The molecule has 10 aromatic carbocycles. The van der Waals surface area contributed by atoms with E-state index >= 15 is 0 Å². The third kappa shape index (κ3) is 8.10. The Kier molecular flexibility index (Phi) is 11.3. The van der Waals surface area contributed by atoms with E-state index in [0.29, 0.717) is 0 Å². The molecule has 0 fully saturated rings. The second-order valence-electron chi connectivity index (χ2n) is 25.4. The van der Waals surface area contributed by atoms with Crippen molar-refractivity contribution in [2.75, 3.05) is 15.1 Å². The first kappa shape index (κ1) is 49.1. The van der Waals surface area contributed by atoms with Crippen LogP contribution in [0.15, 0.2) is 212 Å². The van der Waals surface area contributed by atoms with Gasteiger partial charge in [0.25, 0.3) is 0 Å². The average molecular weight is 1020 g/mol. The fraction of sp³-hybridized carbons (Fsp3) is 0.216. The maximum atomic E-state index is 4.15. The molecule has 11 aromatic rings. The molecule has 1 radical (unpaired) electrons. The van der Waals surface area contributed by atoms with E-state index in [1.165, 1.54) is 77.9 Å². The molecule has 0 atom stereocenters. The van der Waals surface area contributed by atoms with E-state index in [2.05, 4.69) is 295 Å². The largest absolute Gasteiger partial charge is 0.355 e. The molecule has 0 spiro atoms. The highest BCUT2D eigenvalue weighted by atomic mass is 15.2. The molecule has 0 amide bonds. The zero-order valence-electron chi connectivity index (χ0n) is 47.0. The lowest BCUT2D eigenvalue weighted by Crippen LogP contribution is -2.41. The van der Waals surface area contributed by atoms with E-state index in [4.69, 9.17) is 0 Å². The van der Waals surface area contributed by atoms with Crippen molar-refractivity contribution in [1.82, 2.24) is 4.57 Å². The van der Waals surface area contributed by atoms with Crippen LogP contribution >= 0.6 is 0 Å². The summed E-state index contributed by atoms with van der Waals surface area (Å²) in [7, 11) is 2.55. The zero-order valence-corrected chi connectivity index (χ0v) is 47.0. The summed E-state index contributed by atoms with van der Waals surface area (Å²) in [4.78, 5) is 4.90. The third-order valence-electron chi connectivity index (χ3n) is 18.4. The van der Waals surface area contributed by atoms with Crippen molar-refractivity contribution in [3.8, 4) is 16.8 Å². The lowest BCUT2D eigenvalue weighted by Gasteiger charge is -2.43. The second kappa shape index (κ2) is 18.1. The number of hydrogen-bond donors (Lipinski definition) is 1. The Balaban J connectivity index is 1.13. The van der Waals surface area contributed by atoms with Gasteiger partial charge in [0.1, 0.15) is 0 Å². The summed E-state index contributed by atoms with van der Waals surface area (Å²) in [5, 5.41) is 9.07. The van der Waals surface area contributed by atoms with E-state index in [0.717, 1.165) is 75.9 Å². The molecular weight excluding hydrogens is 956 g/mol. The van der Waals surface area contributed by atoms with Gasteiger partial charge in [0.15, 0.2) is 7.28 Å². The number of nitrogens with one attached hydrogen (secondary N) is 1. The summed E-state index contributed by atoms with van der Waals surface area (Å²) in [6.07, 6.45) is 4.61. The van der Waals surface area contributed by atoms with Crippen LogP contribution in [0.2, 0.25) is 0 Å². The van der Waals surface area contributed by atoms with Crippen molar-refractivity contribution < 1.29 is 0 Å². The molecule has 387 valence electrons. The highest BCUT2D eigenvalue weighted by molar-refractivity contribution is 6.73. The Morgan fingerprint density at radius 1 is 0.418 bits per heavy atom. The molecule has 5 heteroatoms. The van der Waals surface area contributed by atoms with Crippen LogP contribution in [0.3, 0.4) is 0 Å². The summed E-state index contributed by atoms with van der Waals surface area (Å²) in [5.74, 6) is 0. The van der Waals surface area contributed by atoms with Crippen LogP contribution in [0.4, 0.5) is 45.5 Å². The van der Waals surface area contributed by atoms with Gasteiger partial charge in [0.2, 0.25) is 0 Å². The molecule has 2 aliphatic carbocycles. The Hall–Kier alpha value is -8.28. The fourth-order valence-electron chi connectivity index (χ4n) is 13.8. The van der Waals surface area contributed by atoms with E-state index in [1.54, 1.807) is 0 Å². The van der Waals surface area contributed by atoms with E-state index in [1.807, 2.05) is 0 Å².